The fraction of sp³-hybridized carbons (Fsp3) is 0.364. The number of hydrogen-bond acceptors (Lipinski definition) is 3. The molecule has 0 aromatic heterocycles. The number of ketones is 1. The van der Waals surface area contributed by atoms with Crippen LogP contribution in [0, 0.1) is 0 Å². The average molecular weight is 192 g/mol. The minimum atomic E-state index is -0.0985. The van der Waals surface area contributed by atoms with Gasteiger partial charge in [-0.25, -0.2) is 0 Å². The molecule has 1 aromatic carbocycles. The molecule has 3 heteroatoms. The first-order valence-electron chi connectivity index (χ1n) is 4.76. The molecule has 1 atom stereocenters. The molecule has 0 heterocycles. The smallest absolute Gasteiger partial charge is 0.179 e. The van der Waals surface area contributed by atoms with E-state index in [1.54, 1.807) is 31.3 Å². The van der Waals surface area contributed by atoms with Crippen molar-refractivity contribution >= 4 is 11.5 Å². The summed E-state index contributed by atoms with van der Waals surface area (Å²) >= 11 is 0. The SMILES string of the molecule is CCC(NC)C(=O)c1ccc(N)cc1. The zero-order valence-corrected chi connectivity index (χ0v) is 8.58. The van der Waals surface area contributed by atoms with E-state index in [0.29, 0.717) is 11.3 Å². The Morgan fingerprint density at radius 1 is 1.43 bits per heavy atom. The van der Waals surface area contributed by atoms with E-state index in [-0.39, 0.29) is 11.8 Å². The van der Waals surface area contributed by atoms with Gasteiger partial charge >= 0.3 is 0 Å². The molecule has 0 fully saturated rings. The Labute approximate surface area is 84.3 Å². The summed E-state index contributed by atoms with van der Waals surface area (Å²) in [7, 11) is 1.80. The Balaban J connectivity index is 2.83. The van der Waals surface area contributed by atoms with Gasteiger partial charge in [0.1, 0.15) is 0 Å². The first-order chi connectivity index (χ1) is 6.69. The van der Waals surface area contributed by atoms with E-state index >= 15 is 0 Å². The van der Waals surface area contributed by atoms with E-state index in [1.807, 2.05) is 6.92 Å². The lowest BCUT2D eigenvalue weighted by molar-refractivity contribution is 0.0945. The van der Waals surface area contributed by atoms with Gasteiger partial charge in [-0.15, -0.1) is 0 Å². The van der Waals surface area contributed by atoms with Crippen LogP contribution in [-0.4, -0.2) is 18.9 Å². The molecule has 0 aliphatic rings. The van der Waals surface area contributed by atoms with Crippen LogP contribution in [0.4, 0.5) is 5.69 Å². The van der Waals surface area contributed by atoms with Gasteiger partial charge in [0.25, 0.3) is 0 Å². The number of nitrogen functional groups attached to an aromatic ring is 1. The third-order valence-corrected chi connectivity index (χ3v) is 2.27. The predicted molar refractivity (Wildman–Crippen MR) is 58.3 cm³/mol. The molecular formula is C11H16N2O. The second-order valence-corrected chi connectivity index (χ2v) is 3.24. The van der Waals surface area contributed by atoms with Gasteiger partial charge in [-0.2, -0.15) is 0 Å². The number of rotatable bonds is 4. The highest BCUT2D eigenvalue weighted by Gasteiger charge is 2.15. The van der Waals surface area contributed by atoms with Crippen molar-refractivity contribution in [1.29, 1.82) is 0 Å². The van der Waals surface area contributed by atoms with Gasteiger partial charge in [0, 0.05) is 11.3 Å². The van der Waals surface area contributed by atoms with Crippen molar-refractivity contribution in [3.8, 4) is 0 Å². The number of likely N-dealkylation sites (N-methyl/N-ethyl adjacent to an activating group) is 1. The van der Waals surface area contributed by atoms with Crippen LogP contribution in [-0.2, 0) is 0 Å². The lowest BCUT2D eigenvalue weighted by Gasteiger charge is -2.12. The third kappa shape index (κ3) is 2.33. The second kappa shape index (κ2) is 4.77. The minimum Gasteiger partial charge on any atom is -0.399 e. The summed E-state index contributed by atoms with van der Waals surface area (Å²) in [6, 6.07) is 6.92. The number of hydrogen-bond donors (Lipinski definition) is 2. The fourth-order valence-electron chi connectivity index (χ4n) is 1.37. The van der Waals surface area contributed by atoms with Gasteiger partial charge in [0.05, 0.1) is 6.04 Å². The normalized spacial score (nSPS) is 12.4. The standard InChI is InChI=1S/C11H16N2O/c1-3-10(13-2)11(14)8-4-6-9(12)7-5-8/h4-7,10,13H,3,12H2,1-2H3. The Hall–Kier alpha value is -1.35. The van der Waals surface area contributed by atoms with Crippen molar-refractivity contribution in [3.05, 3.63) is 29.8 Å². The van der Waals surface area contributed by atoms with E-state index < -0.39 is 0 Å². The van der Waals surface area contributed by atoms with E-state index in [1.165, 1.54) is 0 Å². The number of Topliss-reactive ketones (excluding diaryl/α,β-unsaturated/α-hetero) is 1. The molecule has 3 nitrogen and oxygen atoms in total. The Bertz CT molecular complexity index is 302. The van der Waals surface area contributed by atoms with E-state index in [0.717, 1.165) is 6.42 Å². The number of anilines is 1. The van der Waals surface area contributed by atoms with Gasteiger partial charge in [0.2, 0.25) is 0 Å². The lowest BCUT2D eigenvalue weighted by atomic mass is 10.0. The quantitative estimate of drug-likeness (QED) is 0.560. The summed E-state index contributed by atoms with van der Waals surface area (Å²) in [5, 5.41) is 2.98. The summed E-state index contributed by atoms with van der Waals surface area (Å²) in [4.78, 5) is 11.8. The van der Waals surface area contributed by atoms with Crippen molar-refractivity contribution in [1.82, 2.24) is 5.32 Å². The molecule has 3 N–H and O–H groups in total. The molecular weight excluding hydrogens is 176 g/mol. The number of nitrogens with two attached hydrogens (primary N) is 1. The summed E-state index contributed by atoms with van der Waals surface area (Å²) in [6.07, 6.45) is 0.791. The van der Waals surface area contributed by atoms with Crippen LogP contribution in [0.15, 0.2) is 24.3 Å². The van der Waals surface area contributed by atoms with Crippen molar-refractivity contribution in [2.24, 2.45) is 0 Å². The molecule has 0 amide bonds. The van der Waals surface area contributed by atoms with Crippen molar-refractivity contribution in [3.63, 3.8) is 0 Å². The molecule has 14 heavy (non-hydrogen) atoms. The fourth-order valence-corrected chi connectivity index (χ4v) is 1.37. The molecule has 0 radical (unpaired) electrons. The zero-order chi connectivity index (χ0) is 10.6. The Kier molecular flexibility index (Phi) is 3.65. The van der Waals surface area contributed by atoms with Gasteiger partial charge < -0.3 is 11.1 Å². The van der Waals surface area contributed by atoms with Crippen LogP contribution in [0.5, 0.6) is 0 Å². The van der Waals surface area contributed by atoms with Crippen LogP contribution in [0.2, 0.25) is 0 Å². The summed E-state index contributed by atoms with van der Waals surface area (Å²) < 4.78 is 0. The van der Waals surface area contributed by atoms with Crippen LogP contribution in [0.25, 0.3) is 0 Å². The van der Waals surface area contributed by atoms with E-state index in [4.69, 9.17) is 5.73 Å². The monoisotopic (exact) mass is 192 g/mol. The van der Waals surface area contributed by atoms with Gasteiger partial charge in [-0.05, 0) is 37.7 Å². The molecule has 1 unspecified atom stereocenters. The average Bonchev–Trinajstić information content (AvgIpc) is 2.20. The lowest BCUT2D eigenvalue weighted by Crippen LogP contribution is -2.33. The first-order valence-corrected chi connectivity index (χ1v) is 4.76. The van der Waals surface area contributed by atoms with Gasteiger partial charge in [0.15, 0.2) is 5.78 Å². The summed E-state index contributed by atoms with van der Waals surface area (Å²) in [5.74, 6) is 0.120. The zero-order valence-electron chi connectivity index (χ0n) is 8.58. The number of nitrogens with one attached hydrogen (secondary N) is 1. The predicted octanol–water partition coefficient (Wildman–Crippen LogP) is 1.45. The molecule has 1 rings (SSSR count). The molecule has 0 spiro atoms. The summed E-state index contributed by atoms with van der Waals surface area (Å²) in [6.45, 7) is 1.98. The number of carbonyl (C=O) groups excluding carboxylic acids is 1. The molecule has 0 saturated heterocycles. The third-order valence-electron chi connectivity index (χ3n) is 2.27. The number of carbonyl (C=O) groups is 1. The first kappa shape index (κ1) is 10.7. The largest absolute Gasteiger partial charge is 0.399 e. The van der Waals surface area contributed by atoms with Gasteiger partial charge in [-0.1, -0.05) is 6.92 Å². The van der Waals surface area contributed by atoms with Crippen LogP contribution in [0.3, 0.4) is 0 Å². The van der Waals surface area contributed by atoms with Crippen LogP contribution >= 0.6 is 0 Å². The van der Waals surface area contributed by atoms with Crippen LogP contribution in [0.1, 0.15) is 23.7 Å². The van der Waals surface area contributed by atoms with Crippen molar-refractivity contribution in [2.75, 3.05) is 12.8 Å². The highest BCUT2D eigenvalue weighted by atomic mass is 16.1. The highest BCUT2D eigenvalue weighted by molar-refractivity contribution is 6.00. The molecule has 0 bridgehead atoms. The number of benzene rings is 1. The molecule has 76 valence electrons. The molecule has 0 aliphatic heterocycles. The van der Waals surface area contributed by atoms with E-state index in [2.05, 4.69) is 5.32 Å². The van der Waals surface area contributed by atoms with Crippen molar-refractivity contribution < 1.29 is 4.79 Å². The topological polar surface area (TPSA) is 55.1 Å². The Morgan fingerprint density at radius 3 is 2.43 bits per heavy atom. The maximum absolute atomic E-state index is 11.8. The van der Waals surface area contributed by atoms with Crippen molar-refractivity contribution in [2.45, 2.75) is 19.4 Å². The molecule has 0 aliphatic carbocycles. The summed E-state index contributed by atoms with van der Waals surface area (Å²) in [5.41, 5.74) is 6.93. The maximum atomic E-state index is 11.8. The van der Waals surface area contributed by atoms with Crippen LogP contribution < -0.4 is 11.1 Å². The van der Waals surface area contributed by atoms with Gasteiger partial charge in [-0.3, -0.25) is 4.79 Å². The molecule has 0 saturated carbocycles. The minimum absolute atomic E-state index is 0.0985. The molecule has 1 aromatic rings. The highest BCUT2D eigenvalue weighted by Crippen LogP contribution is 2.09. The second-order valence-electron chi connectivity index (χ2n) is 3.24. The Morgan fingerprint density at radius 2 is 2.00 bits per heavy atom. The van der Waals surface area contributed by atoms with E-state index in [9.17, 15) is 4.79 Å². The maximum Gasteiger partial charge on any atom is 0.179 e.